The van der Waals surface area contributed by atoms with Gasteiger partial charge in [0.1, 0.15) is 12.1 Å². The van der Waals surface area contributed by atoms with Crippen molar-refractivity contribution in [2.45, 2.75) is 0 Å². The molecular weight excluding hydrogens is 190 g/mol. The highest BCUT2D eigenvalue weighted by molar-refractivity contribution is 6.10. The molecule has 0 bridgehead atoms. The van der Waals surface area contributed by atoms with Gasteiger partial charge in [0.2, 0.25) is 0 Å². The molecule has 1 N–H and O–H groups in total. The van der Waals surface area contributed by atoms with Crippen molar-refractivity contribution in [3.05, 3.63) is 41.0 Å². The SMILES string of the molecule is N#CC(C#N)=C1NC(=O)c2ccccc21. The summed E-state index contributed by atoms with van der Waals surface area (Å²) in [6.07, 6.45) is 0. The molecular formula is C11H5N3O. The van der Waals surface area contributed by atoms with Gasteiger partial charge in [0.25, 0.3) is 5.91 Å². The fourth-order valence-corrected chi connectivity index (χ4v) is 1.48. The molecule has 15 heavy (non-hydrogen) atoms. The zero-order valence-corrected chi connectivity index (χ0v) is 7.61. The highest BCUT2D eigenvalue weighted by Gasteiger charge is 2.25. The Morgan fingerprint density at radius 1 is 1.13 bits per heavy atom. The number of hydrogen-bond acceptors (Lipinski definition) is 3. The van der Waals surface area contributed by atoms with E-state index in [1.54, 1.807) is 36.4 Å². The Kier molecular flexibility index (Phi) is 1.97. The van der Waals surface area contributed by atoms with E-state index in [-0.39, 0.29) is 11.5 Å². The molecule has 1 aromatic carbocycles. The first kappa shape index (κ1) is 8.98. The number of rotatable bonds is 0. The van der Waals surface area contributed by atoms with Gasteiger partial charge in [-0.1, -0.05) is 18.2 Å². The largest absolute Gasteiger partial charge is 0.320 e. The highest BCUT2D eigenvalue weighted by atomic mass is 16.1. The van der Waals surface area contributed by atoms with Gasteiger partial charge < -0.3 is 5.32 Å². The van der Waals surface area contributed by atoms with Gasteiger partial charge in [-0.3, -0.25) is 4.79 Å². The third-order valence-corrected chi connectivity index (χ3v) is 2.15. The Balaban J connectivity index is 2.71. The van der Waals surface area contributed by atoms with E-state index in [1.807, 2.05) is 0 Å². The fraction of sp³-hybridized carbons (Fsp3) is 0. The van der Waals surface area contributed by atoms with E-state index >= 15 is 0 Å². The monoisotopic (exact) mass is 195 g/mol. The fourth-order valence-electron chi connectivity index (χ4n) is 1.48. The molecule has 1 aromatic rings. The van der Waals surface area contributed by atoms with Gasteiger partial charge in [-0.2, -0.15) is 10.5 Å². The number of carbonyl (C=O) groups is 1. The van der Waals surface area contributed by atoms with Crippen LogP contribution in [-0.2, 0) is 0 Å². The average Bonchev–Trinajstić information content (AvgIpc) is 2.60. The number of fused-ring (bicyclic) bond motifs is 1. The topological polar surface area (TPSA) is 76.7 Å². The summed E-state index contributed by atoms with van der Waals surface area (Å²) in [7, 11) is 0. The number of carbonyl (C=O) groups excluding carboxylic acids is 1. The van der Waals surface area contributed by atoms with Crippen LogP contribution in [0.15, 0.2) is 29.8 Å². The third-order valence-electron chi connectivity index (χ3n) is 2.15. The van der Waals surface area contributed by atoms with Crippen LogP contribution in [0.1, 0.15) is 15.9 Å². The smallest absolute Gasteiger partial charge is 0.256 e. The van der Waals surface area contributed by atoms with Gasteiger partial charge >= 0.3 is 0 Å². The first-order chi connectivity index (χ1) is 7.27. The number of allylic oxidation sites excluding steroid dienone is 1. The minimum atomic E-state index is -0.274. The molecule has 1 aliphatic rings. The number of amides is 1. The predicted molar refractivity (Wildman–Crippen MR) is 52.1 cm³/mol. The van der Waals surface area contributed by atoms with E-state index in [2.05, 4.69) is 5.32 Å². The van der Waals surface area contributed by atoms with Crippen LogP contribution < -0.4 is 5.32 Å². The quantitative estimate of drug-likeness (QED) is 0.631. The Labute approximate surface area is 86.1 Å². The molecule has 0 atom stereocenters. The van der Waals surface area contributed by atoms with Gasteiger partial charge in [-0.15, -0.1) is 0 Å². The minimum absolute atomic E-state index is 0.0756. The molecule has 0 spiro atoms. The molecule has 0 saturated heterocycles. The lowest BCUT2D eigenvalue weighted by Crippen LogP contribution is -2.13. The van der Waals surface area contributed by atoms with Gasteiger partial charge in [-0.25, -0.2) is 0 Å². The summed E-state index contributed by atoms with van der Waals surface area (Å²) in [6.45, 7) is 0. The predicted octanol–water partition coefficient (Wildman–Crippen LogP) is 1.19. The lowest BCUT2D eigenvalue weighted by Gasteiger charge is -1.97. The normalized spacial score (nSPS) is 12.4. The summed E-state index contributed by atoms with van der Waals surface area (Å²) in [5, 5.41) is 20.0. The van der Waals surface area contributed by atoms with Gasteiger partial charge in [0.05, 0.1) is 5.70 Å². The summed E-state index contributed by atoms with van der Waals surface area (Å²) in [5.41, 5.74) is 1.34. The number of benzene rings is 1. The maximum atomic E-state index is 11.4. The summed E-state index contributed by atoms with van der Waals surface area (Å²) < 4.78 is 0. The van der Waals surface area contributed by atoms with Crippen LogP contribution in [0.5, 0.6) is 0 Å². The van der Waals surface area contributed by atoms with Crippen molar-refractivity contribution in [3.63, 3.8) is 0 Å². The van der Waals surface area contributed by atoms with Gasteiger partial charge in [0, 0.05) is 11.1 Å². The maximum Gasteiger partial charge on any atom is 0.256 e. The van der Waals surface area contributed by atoms with Gasteiger partial charge in [0.15, 0.2) is 5.57 Å². The van der Waals surface area contributed by atoms with Crippen LogP contribution >= 0.6 is 0 Å². The molecule has 0 radical (unpaired) electrons. The molecule has 2 rings (SSSR count). The lowest BCUT2D eigenvalue weighted by atomic mass is 10.1. The summed E-state index contributed by atoms with van der Waals surface area (Å²) in [4.78, 5) is 11.4. The minimum Gasteiger partial charge on any atom is -0.320 e. The van der Waals surface area contributed by atoms with Crippen LogP contribution in [0.4, 0.5) is 0 Å². The van der Waals surface area contributed by atoms with Crippen molar-refractivity contribution in [2.75, 3.05) is 0 Å². The molecule has 1 heterocycles. The molecule has 0 aromatic heterocycles. The van der Waals surface area contributed by atoms with E-state index in [9.17, 15) is 4.79 Å². The Hall–Kier alpha value is -2.59. The molecule has 4 nitrogen and oxygen atoms in total. The van der Waals surface area contributed by atoms with E-state index in [0.29, 0.717) is 16.8 Å². The van der Waals surface area contributed by atoms with Gasteiger partial charge in [-0.05, 0) is 6.07 Å². The van der Waals surface area contributed by atoms with Crippen LogP contribution in [0, 0.1) is 22.7 Å². The molecule has 0 unspecified atom stereocenters. The number of nitrogens with one attached hydrogen (secondary N) is 1. The Morgan fingerprint density at radius 3 is 2.33 bits per heavy atom. The first-order valence-corrected chi connectivity index (χ1v) is 4.23. The number of nitrogens with zero attached hydrogens (tertiary/aromatic N) is 2. The zero-order chi connectivity index (χ0) is 10.8. The van der Waals surface area contributed by atoms with E-state index in [4.69, 9.17) is 10.5 Å². The molecule has 70 valence electrons. The molecule has 1 amide bonds. The maximum absolute atomic E-state index is 11.4. The number of hydrogen-bond donors (Lipinski definition) is 1. The van der Waals surface area contributed by atoms with Crippen molar-refractivity contribution in [1.82, 2.24) is 5.32 Å². The zero-order valence-electron chi connectivity index (χ0n) is 7.61. The van der Waals surface area contributed by atoms with Crippen LogP contribution in [0.25, 0.3) is 5.70 Å². The summed E-state index contributed by atoms with van der Waals surface area (Å²) in [6, 6.07) is 10.4. The standard InChI is InChI=1S/C11H5N3O/c12-5-7(6-13)10-8-3-1-2-4-9(8)11(15)14-10/h1-4H,(H,14,15). The summed E-state index contributed by atoms with van der Waals surface area (Å²) >= 11 is 0. The average molecular weight is 195 g/mol. The van der Waals surface area contributed by atoms with Crippen LogP contribution in [0.2, 0.25) is 0 Å². The van der Waals surface area contributed by atoms with E-state index < -0.39 is 0 Å². The first-order valence-electron chi connectivity index (χ1n) is 4.23. The van der Waals surface area contributed by atoms with Crippen molar-refractivity contribution in [2.24, 2.45) is 0 Å². The van der Waals surface area contributed by atoms with E-state index in [1.165, 1.54) is 0 Å². The lowest BCUT2D eigenvalue weighted by molar-refractivity contribution is 0.0981. The van der Waals surface area contributed by atoms with E-state index in [0.717, 1.165) is 0 Å². The molecule has 4 heteroatoms. The Morgan fingerprint density at radius 2 is 1.73 bits per heavy atom. The second-order valence-electron chi connectivity index (χ2n) is 2.97. The van der Waals surface area contributed by atoms with Crippen molar-refractivity contribution >= 4 is 11.6 Å². The third kappa shape index (κ3) is 1.25. The molecule has 0 fully saturated rings. The van der Waals surface area contributed by atoms with Crippen molar-refractivity contribution in [1.29, 1.82) is 10.5 Å². The Bertz CT molecular complexity index is 542. The second kappa shape index (κ2) is 3.28. The van der Waals surface area contributed by atoms with Crippen molar-refractivity contribution < 1.29 is 4.79 Å². The number of nitriles is 2. The second-order valence-corrected chi connectivity index (χ2v) is 2.97. The molecule has 0 aliphatic carbocycles. The highest BCUT2D eigenvalue weighted by Crippen LogP contribution is 2.26. The van der Waals surface area contributed by atoms with Crippen LogP contribution in [-0.4, -0.2) is 5.91 Å². The molecule has 1 aliphatic heterocycles. The van der Waals surface area contributed by atoms with Crippen LogP contribution in [0.3, 0.4) is 0 Å². The molecule has 0 saturated carbocycles. The van der Waals surface area contributed by atoms with Crippen molar-refractivity contribution in [3.8, 4) is 12.1 Å². The summed E-state index contributed by atoms with van der Waals surface area (Å²) in [5.74, 6) is -0.274.